The van der Waals surface area contributed by atoms with E-state index in [1.165, 1.54) is 27.5 Å². The first-order valence-electron chi connectivity index (χ1n) is 20.2. The van der Waals surface area contributed by atoms with E-state index in [0.29, 0.717) is 17.5 Å². The molecule has 280 valence electrons. The zero-order chi connectivity index (χ0) is 39.6. The Hall–Kier alpha value is -8.15. The molecule has 1 aliphatic rings. The van der Waals surface area contributed by atoms with Gasteiger partial charge in [-0.05, 0) is 81.1 Å². The molecular formula is C55H34N4O. The van der Waals surface area contributed by atoms with Gasteiger partial charge < -0.3 is 9.32 Å². The van der Waals surface area contributed by atoms with Crippen LogP contribution in [-0.2, 0) is 0 Å². The molecule has 0 fully saturated rings. The lowest BCUT2D eigenvalue weighted by molar-refractivity contribution is 0.669. The van der Waals surface area contributed by atoms with Crippen LogP contribution in [0.2, 0.25) is 0 Å². The van der Waals surface area contributed by atoms with Crippen molar-refractivity contribution in [1.29, 1.82) is 0 Å². The van der Waals surface area contributed by atoms with E-state index < -0.39 is 0 Å². The van der Waals surface area contributed by atoms with Gasteiger partial charge in [0.1, 0.15) is 11.2 Å². The Kier molecular flexibility index (Phi) is 7.78. The minimum Gasteiger partial charge on any atom is -0.456 e. The summed E-state index contributed by atoms with van der Waals surface area (Å²) < 4.78 is 6.50. The highest BCUT2D eigenvalue weighted by molar-refractivity contribution is 6.19. The number of rotatable bonds is 7. The summed E-state index contributed by atoms with van der Waals surface area (Å²) in [7, 11) is 0. The van der Waals surface area contributed by atoms with Crippen LogP contribution in [-0.4, -0.2) is 15.0 Å². The molecule has 11 aromatic rings. The predicted octanol–water partition coefficient (Wildman–Crippen LogP) is 14.7. The third kappa shape index (κ3) is 5.59. The molecule has 9 aromatic carbocycles. The lowest BCUT2D eigenvalue weighted by atomic mass is 9.95. The Bertz CT molecular complexity index is 3350. The quantitative estimate of drug-likeness (QED) is 0.162. The summed E-state index contributed by atoms with van der Waals surface area (Å²) in [6.07, 6.45) is 0. The van der Waals surface area contributed by atoms with Crippen molar-refractivity contribution in [2.24, 2.45) is 0 Å². The van der Waals surface area contributed by atoms with Crippen LogP contribution in [0.4, 0.5) is 17.1 Å². The SMILES string of the molecule is c1ccc(-c2ccc(N(c3cc(-c4nc(-c5ccccc5)nc(-c5ccccc5)n4)c4c(c3)-c3cccc5cccc-4c35)c3ccc4c(c3)oc3ccccc34)cc2)cc1. The number of benzene rings is 9. The van der Waals surface area contributed by atoms with Crippen LogP contribution in [0, 0.1) is 0 Å². The molecule has 60 heavy (non-hydrogen) atoms. The van der Waals surface area contributed by atoms with Crippen molar-refractivity contribution >= 4 is 49.8 Å². The van der Waals surface area contributed by atoms with Gasteiger partial charge in [-0.1, -0.05) is 158 Å². The topological polar surface area (TPSA) is 55.1 Å². The van der Waals surface area contributed by atoms with Crippen molar-refractivity contribution in [3.05, 3.63) is 206 Å². The molecule has 0 radical (unpaired) electrons. The van der Waals surface area contributed by atoms with Gasteiger partial charge in [0.2, 0.25) is 0 Å². The molecular weight excluding hydrogens is 733 g/mol. The summed E-state index contributed by atoms with van der Waals surface area (Å²) in [6.45, 7) is 0. The molecule has 0 aliphatic heterocycles. The van der Waals surface area contributed by atoms with Crippen LogP contribution in [0.5, 0.6) is 0 Å². The largest absolute Gasteiger partial charge is 0.456 e. The van der Waals surface area contributed by atoms with Gasteiger partial charge in [0.05, 0.1) is 0 Å². The molecule has 5 heteroatoms. The van der Waals surface area contributed by atoms with Crippen LogP contribution in [0.1, 0.15) is 0 Å². The Morgan fingerprint density at radius 2 is 0.883 bits per heavy atom. The molecule has 0 saturated heterocycles. The summed E-state index contributed by atoms with van der Waals surface area (Å²) >= 11 is 0. The minimum absolute atomic E-state index is 0.609. The molecule has 1 aliphatic carbocycles. The van der Waals surface area contributed by atoms with Crippen molar-refractivity contribution in [2.45, 2.75) is 0 Å². The van der Waals surface area contributed by atoms with Crippen molar-refractivity contribution < 1.29 is 4.42 Å². The van der Waals surface area contributed by atoms with Crippen LogP contribution >= 0.6 is 0 Å². The molecule has 2 heterocycles. The van der Waals surface area contributed by atoms with Gasteiger partial charge in [-0.15, -0.1) is 0 Å². The van der Waals surface area contributed by atoms with Crippen molar-refractivity contribution in [3.8, 4) is 67.5 Å². The molecule has 5 nitrogen and oxygen atoms in total. The average Bonchev–Trinajstić information content (AvgIpc) is 3.86. The Morgan fingerprint density at radius 3 is 1.58 bits per heavy atom. The van der Waals surface area contributed by atoms with E-state index in [1.54, 1.807) is 0 Å². The highest BCUT2D eigenvalue weighted by Gasteiger charge is 2.29. The molecule has 0 unspecified atom stereocenters. The smallest absolute Gasteiger partial charge is 0.164 e. The summed E-state index contributed by atoms with van der Waals surface area (Å²) in [6, 6.07) is 72.2. The van der Waals surface area contributed by atoms with Gasteiger partial charge in [-0.3, -0.25) is 0 Å². The molecule has 12 rings (SSSR count). The number of para-hydroxylation sites is 1. The van der Waals surface area contributed by atoms with Crippen LogP contribution in [0.15, 0.2) is 211 Å². The monoisotopic (exact) mass is 766 g/mol. The summed E-state index contributed by atoms with van der Waals surface area (Å²) in [4.78, 5) is 18.0. The lowest BCUT2D eigenvalue weighted by Crippen LogP contribution is -2.11. The van der Waals surface area contributed by atoms with Gasteiger partial charge in [0.25, 0.3) is 0 Å². The molecule has 0 spiro atoms. The fourth-order valence-electron chi connectivity index (χ4n) is 8.87. The van der Waals surface area contributed by atoms with E-state index in [-0.39, 0.29) is 0 Å². The van der Waals surface area contributed by atoms with Crippen LogP contribution in [0.3, 0.4) is 0 Å². The highest BCUT2D eigenvalue weighted by Crippen LogP contribution is 2.53. The molecule has 2 aromatic heterocycles. The third-order valence-corrected chi connectivity index (χ3v) is 11.6. The summed E-state index contributed by atoms with van der Waals surface area (Å²) in [5.74, 6) is 1.85. The van der Waals surface area contributed by atoms with Gasteiger partial charge in [0, 0.05) is 56.2 Å². The van der Waals surface area contributed by atoms with E-state index in [1.807, 2.05) is 48.5 Å². The first kappa shape index (κ1) is 33.9. The van der Waals surface area contributed by atoms with Gasteiger partial charge in [-0.25, -0.2) is 15.0 Å². The van der Waals surface area contributed by atoms with Gasteiger partial charge >= 0.3 is 0 Å². The number of nitrogens with zero attached hydrogens (tertiary/aromatic N) is 4. The van der Waals surface area contributed by atoms with Crippen LogP contribution < -0.4 is 4.90 Å². The average molecular weight is 767 g/mol. The maximum absolute atomic E-state index is 6.50. The van der Waals surface area contributed by atoms with E-state index in [4.69, 9.17) is 19.4 Å². The number of aromatic nitrogens is 3. The van der Waals surface area contributed by atoms with Crippen molar-refractivity contribution in [2.75, 3.05) is 4.90 Å². The van der Waals surface area contributed by atoms with Gasteiger partial charge in [-0.2, -0.15) is 0 Å². The van der Waals surface area contributed by atoms with Crippen LogP contribution in [0.25, 0.3) is 100 Å². The predicted molar refractivity (Wildman–Crippen MR) is 245 cm³/mol. The summed E-state index contributed by atoms with van der Waals surface area (Å²) in [5.41, 5.74) is 14.4. The highest BCUT2D eigenvalue weighted by atomic mass is 16.3. The fourth-order valence-corrected chi connectivity index (χ4v) is 8.87. The van der Waals surface area contributed by atoms with Gasteiger partial charge in [0.15, 0.2) is 17.5 Å². The normalized spacial score (nSPS) is 11.7. The number of hydrogen-bond acceptors (Lipinski definition) is 5. The number of furan rings is 1. The third-order valence-electron chi connectivity index (χ3n) is 11.6. The minimum atomic E-state index is 0.609. The van der Waals surface area contributed by atoms with Crippen molar-refractivity contribution in [3.63, 3.8) is 0 Å². The maximum atomic E-state index is 6.50. The second-order valence-corrected chi connectivity index (χ2v) is 15.2. The zero-order valence-electron chi connectivity index (χ0n) is 32.3. The second kappa shape index (κ2) is 13.8. The van der Waals surface area contributed by atoms with Crippen molar-refractivity contribution in [1.82, 2.24) is 15.0 Å². The molecule has 0 N–H and O–H groups in total. The molecule has 0 bridgehead atoms. The number of anilines is 3. The van der Waals surface area contributed by atoms with E-state index in [2.05, 4.69) is 163 Å². The lowest BCUT2D eigenvalue weighted by Gasteiger charge is -2.27. The standard InChI is InChI=1S/C55H34N4O/c1-4-14-35(15-5-1)36-26-28-40(29-27-36)59(41-30-31-44-43-22-10-11-25-49(43)60-50(44)34-41)42-32-47-45-23-12-20-37-21-13-24-46(51(37)45)52(47)48(33-42)55-57-53(38-16-6-2-7-17-38)56-54(58-55)39-18-8-3-9-19-39/h1-34H. The first-order chi connectivity index (χ1) is 29.7. The fraction of sp³-hybridized carbons (Fsp3) is 0. The van der Waals surface area contributed by atoms with E-state index in [9.17, 15) is 0 Å². The summed E-state index contributed by atoms with van der Waals surface area (Å²) in [5, 5.41) is 4.61. The maximum Gasteiger partial charge on any atom is 0.164 e. The first-order valence-corrected chi connectivity index (χ1v) is 20.2. The Morgan fingerprint density at radius 1 is 0.333 bits per heavy atom. The van der Waals surface area contributed by atoms with E-state index in [0.717, 1.165) is 72.4 Å². The molecule has 0 saturated carbocycles. The Balaban J connectivity index is 1.14. The number of fused-ring (bicyclic) bond motifs is 6. The Labute approximate surface area is 346 Å². The molecule has 0 atom stereocenters. The zero-order valence-corrected chi connectivity index (χ0v) is 32.3. The molecule has 0 amide bonds. The number of hydrogen-bond donors (Lipinski definition) is 0. The van der Waals surface area contributed by atoms with E-state index >= 15 is 0 Å². The second-order valence-electron chi connectivity index (χ2n) is 15.2.